The number of para-hydroxylation sites is 1. The standard InChI is InChI=1S/C19H16ClN5O5/c1-12-15(19(27)24(23-12)14-5-3-2-4-6-14)10-21-22-18(26)11-30-17-8-7-13(20)9-16(17)25(28)29/h2-10,23H,11H2,1H3,(H,22,26). The molecule has 0 radical (unpaired) electrons. The molecule has 0 fully saturated rings. The number of amides is 1. The number of benzene rings is 2. The van der Waals surface area contributed by atoms with Crippen molar-refractivity contribution in [3.05, 3.63) is 85.3 Å². The van der Waals surface area contributed by atoms with Gasteiger partial charge < -0.3 is 4.74 Å². The number of carbonyl (C=O) groups excluding carboxylic acids is 1. The van der Waals surface area contributed by atoms with Gasteiger partial charge in [-0.2, -0.15) is 5.10 Å². The Morgan fingerprint density at radius 2 is 2.07 bits per heavy atom. The summed E-state index contributed by atoms with van der Waals surface area (Å²) >= 11 is 5.73. The van der Waals surface area contributed by atoms with Crippen molar-refractivity contribution >= 4 is 29.4 Å². The van der Waals surface area contributed by atoms with Crippen LogP contribution in [0.5, 0.6) is 5.75 Å². The number of nitro groups is 1. The van der Waals surface area contributed by atoms with Crippen LogP contribution in [0.4, 0.5) is 5.69 Å². The van der Waals surface area contributed by atoms with E-state index in [2.05, 4.69) is 15.6 Å². The molecular formula is C19H16ClN5O5. The number of ether oxygens (including phenoxy) is 1. The van der Waals surface area contributed by atoms with Crippen molar-refractivity contribution in [1.29, 1.82) is 0 Å². The lowest BCUT2D eigenvalue weighted by molar-refractivity contribution is -0.385. The lowest BCUT2D eigenvalue weighted by Gasteiger charge is -2.05. The van der Waals surface area contributed by atoms with Crippen molar-refractivity contribution < 1.29 is 14.5 Å². The molecule has 154 valence electrons. The smallest absolute Gasteiger partial charge is 0.312 e. The van der Waals surface area contributed by atoms with Gasteiger partial charge >= 0.3 is 5.69 Å². The third-order valence-electron chi connectivity index (χ3n) is 3.99. The monoisotopic (exact) mass is 429 g/mol. The SMILES string of the molecule is Cc1[nH]n(-c2ccccc2)c(=O)c1C=NNC(=O)COc1ccc(Cl)cc1[N+](=O)[O-]. The van der Waals surface area contributed by atoms with Crippen LogP contribution >= 0.6 is 11.6 Å². The molecule has 3 rings (SSSR count). The number of halogens is 1. The second-order valence-corrected chi connectivity index (χ2v) is 6.51. The van der Waals surface area contributed by atoms with Crippen LogP contribution in [-0.4, -0.2) is 33.4 Å². The number of aryl methyl sites for hydroxylation is 1. The number of hydrazone groups is 1. The molecule has 0 aliphatic carbocycles. The van der Waals surface area contributed by atoms with Crippen LogP contribution in [0.2, 0.25) is 5.02 Å². The Morgan fingerprint density at radius 1 is 1.33 bits per heavy atom. The maximum absolute atomic E-state index is 12.5. The molecule has 2 N–H and O–H groups in total. The lowest BCUT2D eigenvalue weighted by Crippen LogP contribution is -2.25. The molecular weight excluding hydrogens is 414 g/mol. The quantitative estimate of drug-likeness (QED) is 0.338. The Morgan fingerprint density at radius 3 is 2.77 bits per heavy atom. The number of nitro benzene ring substituents is 1. The van der Waals surface area contributed by atoms with Gasteiger partial charge in [0.2, 0.25) is 0 Å². The summed E-state index contributed by atoms with van der Waals surface area (Å²) in [6.07, 6.45) is 1.22. The van der Waals surface area contributed by atoms with E-state index >= 15 is 0 Å². The largest absolute Gasteiger partial charge is 0.477 e. The van der Waals surface area contributed by atoms with Crippen LogP contribution in [0.1, 0.15) is 11.3 Å². The molecule has 0 saturated carbocycles. The van der Waals surface area contributed by atoms with Gasteiger partial charge in [0.05, 0.1) is 22.4 Å². The molecule has 0 aliphatic heterocycles. The number of hydrogen-bond acceptors (Lipinski definition) is 6. The molecule has 10 nitrogen and oxygen atoms in total. The Labute approximate surface area is 174 Å². The van der Waals surface area contributed by atoms with Crippen molar-refractivity contribution in [3.63, 3.8) is 0 Å². The zero-order chi connectivity index (χ0) is 21.7. The Hall–Kier alpha value is -3.92. The molecule has 0 aliphatic rings. The van der Waals surface area contributed by atoms with E-state index in [1.165, 1.54) is 23.0 Å². The van der Waals surface area contributed by atoms with Gasteiger partial charge in [0.15, 0.2) is 12.4 Å². The van der Waals surface area contributed by atoms with Crippen LogP contribution in [0, 0.1) is 17.0 Å². The number of aromatic amines is 1. The van der Waals surface area contributed by atoms with E-state index in [4.69, 9.17) is 16.3 Å². The van der Waals surface area contributed by atoms with Crippen LogP contribution in [0.15, 0.2) is 58.4 Å². The molecule has 0 saturated heterocycles. The van der Waals surface area contributed by atoms with E-state index in [-0.39, 0.29) is 27.6 Å². The fourth-order valence-corrected chi connectivity index (χ4v) is 2.74. The summed E-state index contributed by atoms with van der Waals surface area (Å²) in [4.78, 5) is 34.8. The first-order valence-electron chi connectivity index (χ1n) is 8.62. The van der Waals surface area contributed by atoms with Crippen LogP contribution in [0.3, 0.4) is 0 Å². The second kappa shape index (κ2) is 9.05. The Balaban J connectivity index is 1.64. The number of nitrogens with one attached hydrogen (secondary N) is 2. The molecule has 0 spiro atoms. The molecule has 3 aromatic rings. The maximum atomic E-state index is 12.5. The number of rotatable bonds is 7. The van der Waals surface area contributed by atoms with E-state index in [0.29, 0.717) is 11.4 Å². The highest BCUT2D eigenvalue weighted by atomic mass is 35.5. The van der Waals surface area contributed by atoms with Gasteiger partial charge in [0.25, 0.3) is 11.5 Å². The first kappa shape index (κ1) is 20.8. The maximum Gasteiger partial charge on any atom is 0.312 e. The second-order valence-electron chi connectivity index (χ2n) is 6.08. The Bertz CT molecular complexity index is 1170. The molecule has 2 aromatic carbocycles. The number of hydrogen-bond donors (Lipinski definition) is 2. The summed E-state index contributed by atoms with van der Waals surface area (Å²) in [6.45, 7) is 1.19. The minimum absolute atomic E-state index is 0.101. The van der Waals surface area contributed by atoms with Gasteiger partial charge in [-0.05, 0) is 31.2 Å². The van der Waals surface area contributed by atoms with E-state index in [1.54, 1.807) is 31.2 Å². The van der Waals surface area contributed by atoms with Crippen molar-refractivity contribution in [2.45, 2.75) is 6.92 Å². The van der Waals surface area contributed by atoms with Gasteiger partial charge in [0.1, 0.15) is 0 Å². The lowest BCUT2D eigenvalue weighted by atomic mass is 10.3. The predicted molar refractivity (Wildman–Crippen MR) is 110 cm³/mol. The number of carbonyl (C=O) groups is 1. The number of H-pyrrole nitrogens is 1. The van der Waals surface area contributed by atoms with Gasteiger partial charge in [-0.3, -0.25) is 24.8 Å². The highest BCUT2D eigenvalue weighted by Crippen LogP contribution is 2.29. The summed E-state index contributed by atoms with van der Waals surface area (Å²) < 4.78 is 6.53. The summed E-state index contributed by atoms with van der Waals surface area (Å²) in [5, 5.41) is 17.9. The average Bonchev–Trinajstić information content (AvgIpc) is 3.01. The van der Waals surface area contributed by atoms with Gasteiger partial charge in [-0.1, -0.05) is 29.8 Å². The third-order valence-corrected chi connectivity index (χ3v) is 4.23. The van der Waals surface area contributed by atoms with Crippen molar-refractivity contribution in [2.75, 3.05) is 6.61 Å². The normalized spacial score (nSPS) is 10.9. The first-order valence-corrected chi connectivity index (χ1v) is 9.00. The molecule has 0 unspecified atom stereocenters. The van der Waals surface area contributed by atoms with Crippen molar-refractivity contribution in [3.8, 4) is 11.4 Å². The number of aromatic nitrogens is 2. The predicted octanol–water partition coefficient (Wildman–Crippen LogP) is 2.56. The highest BCUT2D eigenvalue weighted by Gasteiger charge is 2.17. The van der Waals surface area contributed by atoms with Crippen LogP contribution in [0.25, 0.3) is 5.69 Å². The molecule has 0 atom stereocenters. The fourth-order valence-electron chi connectivity index (χ4n) is 2.57. The summed E-state index contributed by atoms with van der Waals surface area (Å²) in [6, 6.07) is 12.8. The minimum Gasteiger partial charge on any atom is -0.477 e. The summed E-state index contributed by atoms with van der Waals surface area (Å²) in [5.41, 5.74) is 3.02. The summed E-state index contributed by atoms with van der Waals surface area (Å²) in [7, 11) is 0. The first-order chi connectivity index (χ1) is 14.4. The molecule has 1 heterocycles. The van der Waals surface area contributed by atoms with Crippen LogP contribution < -0.4 is 15.7 Å². The molecule has 1 amide bonds. The molecule has 30 heavy (non-hydrogen) atoms. The molecule has 1 aromatic heterocycles. The van der Waals surface area contributed by atoms with Gasteiger partial charge in [0, 0.05) is 16.8 Å². The van der Waals surface area contributed by atoms with Gasteiger partial charge in [-0.15, -0.1) is 0 Å². The molecule has 0 bridgehead atoms. The van der Waals surface area contributed by atoms with E-state index in [0.717, 1.165) is 6.07 Å². The van der Waals surface area contributed by atoms with E-state index in [9.17, 15) is 19.7 Å². The summed E-state index contributed by atoms with van der Waals surface area (Å²) in [5.74, 6) is -0.761. The van der Waals surface area contributed by atoms with Crippen LogP contribution in [-0.2, 0) is 4.79 Å². The van der Waals surface area contributed by atoms with Crippen molar-refractivity contribution in [1.82, 2.24) is 15.2 Å². The van der Waals surface area contributed by atoms with Gasteiger partial charge in [-0.25, -0.2) is 10.1 Å². The van der Waals surface area contributed by atoms with E-state index in [1.807, 2.05) is 6.07 Å². The minimum atomic E-state index is -0.663. The fraction of sp³-hybridized carbons (Fsp3) is 0.105. The number of nitrogens with zero attached hydrogens (tertiary/aromatic N) is 3. The average molecular weight is 430 g/mol. The highest BCUT2D eigenvalue weighted by molar-refractivity contribution is 6.30. The van der Waals surface area contributed by atoms with Crippen molar-refractivity contribution in [2.24, 2.45) is 5.10 Å². The molecule has 11 heteroatoms. The Kier molecular flexibility index (Phi) is 6.28. The zero-order valence-electron chi connectivity index (χ0n) is 15.7. The zero-order valence-corrected chi connectivity index (χ0v) is 16.4. The van der Waals surface area contributed by atoms with E-state index < -0.39 is 17.4 Å². The third kappa shape index (κ3) is 4.73. The topological polar surface area (TPSA) is 132 Å².